The molecule has 3 aromatic rings. The summed E-state index contributed by atoms with van der Waals surface area (Å²) < 4.78 is 5.50. The number of aromatic nitrogens is 2. The molecule has 2 aromatic heterocycles. The Morgan fingerprint density at radius 1 is 1.11 bits per heavy atom. The van der Waals surface area contributed by atoms with Crippen LogP contribution in [0.25, 0.3) is 10.8 Å². The smallest absolute Gasteiger partial charge is 0.277 e. The van der Waals surface area contributed by atoms with E-state index < -0.39 is 0 Å². The molecule has 0 bridgehead atoms. The lowest BCUT2D eigenvalue weighted by Crippen LogP contribution is -2.34. The van der Waals surface area contributed by atoms with Crippen molar-refractivity contribution in [2.75, 3.05) is 17.6 Å². The highest BCUT2D eigenvalue weighted by Gasteiger charge is 2.13. The van der Waals surface area contributed by atoms with Gasteiger partial charge in [0, 0.05) is 5.69 Å². The number of para-hydroxylation sites is 1. The largest absolute Gasteiger partial charge is 0.410 e. The molecule has 2 heterocycles. The Bertz CT molecular complexity index is 918. The Kier molecular flexibility index (Phi) is 6.25. The van der Waals surface area contributed by atoms with Gasteiger partial charge in [-0.05, 0) is 36.4 Å². The first-order chi connectivity index (χ1) is 13.0. The average molecular weight is 403 g/mol. The molecule has 140 valence electrons. The number of anilines is 1. The van der Waals surface area contributed by atoms with Crippen LogP contribution in [0.1, 0.15) is 11.1 Å². The van der Waals surface area contributed by atoms with E-state index in [1.165, 1.54) is 11.3 Å². The van der Waals surface area contributed by atoms with Crippen LogP contribution in [0.15, 0.2) is 45.4 Å². The van der Waals surface area contributed by atoms with E-state index in [1.54, 1.807) is 0 Å². The third-order valence-electron chi connectivity index (χ3n) is 3.66. The number of nitrogens with one attached hydrogen (secondary N) is 2. The number of aryl methyl sites for hydroxylation is 2. The van der Waals surface area contributed by atoms with Gasteiger partial charge in [-0.2, -0.15) is 0 Å². The highest BCUT2D eigenvalue weighted by molar-refractivity contribution is 7.99. The number of thiophene rings is 1. The molecule has 0 unspecified atom stereocenters. The van der Waals surface area contributed by atoms with Crippen molar-refractivity contribution >= 4 is 40.6 Å². The van der Waals surface area contributed by atoms with Crippen molar-refractivity contribution in [1.82, 2.24) is 15.5 Å². The predicted octanol–water partition coefficient (Wildman–Crippen LogP) is 3.26. The molecule has 27 heavy (non-hydrogen) atoms. The molecule has 0 saturated carbocycles. The molecule has 0 aliphatic heterocycles. The van der Waals surface area contributed by atoms with Crippen molar-refractivity contribution in [3.05, 3.63) is 46.8 Å². The molecule has 2 amide bonds. The van der Waals surface area contributed by atoms with E-state index in [4.69, 9.17) is 4.42 Å². The zero-order valence-corrected chi connectivity index (χ0v) is 16.4. The van der Waals surface area contributed by atoms with Crippen molar-refractivity contribution in [3.63, 3.8) is 0 Å². The van der Waals surface area contributed by atoms with Gasteiger partial charge in [-0.15, -0.1) is 21.5 Å². The molecule has 0 radical (unpaired) electrons. The first-order valence-corrected chi connectivity index (χ1v) is 10.0. The normalized spacial score (nSPS) is 10.6. The van der Waals surface area contributed by atoms with Crippen LogP contribution >= 0.6 is 23.1 Å². The quantitative estimate of drug-likeness (QED) is 0.589. The van der Waals surface area contributed by atoms with Crippen LogP contribution in [0.2, 0.25) is 0 Å². The maximum atomic E-state index is 12.1. The second kappa shape index (κ2) is 8.83. The maximum absolute atomic E-state index is 12.1. The molecule has 9 heteroatoms. The molecular weight excluding hydrogens is 384 g/mol. The summed E-state index contributed by atoms with van der Waals surface area (Å²) in [4.78, 5) is 24.9. The van der Waals surface area contributed by atoms with Gasteiger partial charge in [0.15, 0.2) is 0 Å². The van der Waals surface area contributed by atoms with Crippen molar-refractivity contribution in [1.29, 1.82) is 0 Å². The molecule has 2 N–H and O–H groups in total. The van der Waals surface area contributed by atoms with Crippen LogP contribution in [-0.4, -0.2) is 34.3 Å². The van der Waals surface area contributed by atoms with E-state index >= 15 is 0 Å². The van der Waals surface area contributed by atoms with Crippen molar-refractivity contribution in [2.24, 2.45) is 0 Å². The first-order valence-electron chi connectivity index (χ1n) is 8.16. The van der Waals surface area contributed by atoms with Crippen molar-refractivity contribution in [2.45, 2.75) is 19.1 Å². The lowest BCUT2D eigenvalue weighted by molar-refractivity contribution is -0.122. The molecule has 7 nitrogen and oxygen atoms in total. The van der Waals surface area contributed by atoms with Gasteiger partial charge in [0.2, 0.25) is 11.8 Å². The lowest BCUT2D eigenvalue weighted by Gasteiger charge is -2.11. The van der Waals surface area contributed by atoms with Crippen LogP contribution in [-0.2, 0) is 9.59 Å². The Labute approximate surface area is 164 Å². The van der Waals surface area contributed by atoms with E-state index in [1.807, 2.05) is 49.6 Å². The Morgan fingerprint density at radius 2 is 1.89 bits per heavy atom. The number of carbonyl (C=O) groups is 2. The van der Waals surface area contributed by atoms with E-state index in [9.17, 15) is 9.59 Å². The fourth-order valence-corrected chi connectivity index (χ4v) is 3.56. The maximum Gasteiger partial charge on any atom is 0.277 e. The Morgan fingerprint density at radius 3 is 2.59 bits per heavy atom. The van der Waals surface area contributed by atoms with Crippen LogP contribution in [0.5, 0.6) is 0 Å². The number of benzene rings is 1. The zero-order valence-electron chi connectivity index (χ0n) is 14.8. The fourth-order valence-electron chi connectivity index (χ4n) is 2.32. The highest BCUT2D eigenvalue weighted by Crippen LogP contribution is 2.26. The molecule has 0 aliphatic carbocycles. The minimum Gasteiger partial charge on any atom is -0.410 e. The summed E-state index contributed by atoms with van der Waals surface area (Å²) in [6.07, 6.45) is 0. The van der Waals surface area contributed by atoms with Crippen molar-refractivity contribution < 1.29 is 14.0 Å². The predicted molar refractivity (Wildman–Crippen MR) is 106 cm³/mol. The van der Waals surface area contributed by atoms with E-state index in [-0.39, 0.29) is 24.1 Å². The zero-order chi connectivity index (χ0) is 19.2. The summed E-state index contributed by atoms with van der Waals surface area (Å²) in [7, 11) is 0. The molecule has 0 saturated heterocycles. The summed E-state index contributed by atoms with van der Waals surface area (Å²) in [5, 5.41) is 15.5. The number of amides is 2. The second-order valence-electron chi connectivity index (χ2n) is 5.73. The molecule has 3 rings (SSSR count). The minimum absolute atomic E-state index is 0.0861. The van der Waals surface area contributed by atoms with E-state index in [2.05, 4.69) is 20.8 Å². The highest BCUT2D eigenvalue weighted by atomic mass is 32.2. The molecule has 0 aliphatic rings. The number of thioether (sulfide) groups is 1. The molecular formula is C18H18N4O3S2. The van der Waals surface area contributed by atoms with Crippen LogP contribution in [0.4, 0.5) is 5.69 Å². The number of carbonyl (C=O) groups excluding carboxylic acids is 2. The number of rotatable bonds is 7. The molecule has 0 atom stereocenters. The van der Waals surface area contributed by atoms with Crippen LogP contribution in [0, 0.1) is 13.8 Å². The summed E-state index contributed by atoms with van der Waals surface area (Å²) in [6.45, 7) is 3.75. The van der Waals surface area contributed by atoms with Crippen LogP contribution in [0.3, 0.4) is 0 Å². The number of hydrogen-bond acceptors (Lipinski definition) is 7. The van der Waals surface area contributed by atoms with Gasteiger partial charge >= 0.3 is 0 Å². The van der Waals surface area contributed by atoms with Gasteiger partial charge in [-0.25, -0.2) is 0 Å². The third kappa shape index (κ3) is 5.18. The summed E-state index contributed by atoms with van der Waals surface area (Å²) in [5.74, 6) is -0.0418. The van der Waals surface area contributed by atoms with Gasteiger partial charge < -0.3 is 15.1 Å². The lowest BCUT2D eigenvalue weighted by atomic mass is 10.1. The molecule has 0 fully saturated rings. The van der Waals surface area contributed by atoms with Gasteiger partial charge in [0.25, 0.3) is 11.1 Å². The minimum atomic E-state index is -0.285. The van der Waals surface area contributed by atoms with Gasteiger partial charge in [-0.3, -0.25) is 9.59 Å². The molecule has 1 aromatic carbocycles. The van der Waals surface area contributed by atoms with Crippen LogP contribution < -0.4 is 10.6 Å². The SMILES string of the molecule is Cc1cccc(C)c1NC(=O)CNC(=O)CSc1nnc(-c2cccs2)o1. The summed E-state index contributed by atoms with van der Waals surface area (Å²) >= 11 is 2.63. The molecule has 0 spiro atoms. The number of hydrogen-bond donors (Lipinski definition) is 2. The standard InChI is InChI=1S/C18H18N4O3S2/c1-11-5-3-6-12(2)16(11)20-14(23)9-19-15(24)10-27-18-22-21-17(25-18)13-7-4-8-26-13/h3-8H,9-10H2,1-2H3,(H,19,24)(H,20,23). The third-order valence-corrected chi connectivity index (χ3v) is 5.33. The number of nitrogens with zero attached hydrogens (tertiary/aromatic N) is 2. The van der Waals surface area contributed by atoms with Gasteiger partial charge in [-0.1, -0.05) is 36.0 Å². The Hall–Kier alpha value is -2.65. The fraction of sp³-hybridized carbons (Fsp3) is 0.222. The van der Waals surface area contributed by atoms with E-state index in [0.29, 0.717) is 11.1 Å². The van der Waals surface area contributed by atoms with Gasteiger partial charge in [0.1, 0.15) is 0 Å². The van der Waals surface area contributed by atoms with Gasteiger partial charge in [0.05, 0.1) is 17.2 Å². The first kappa shape index (κ1) is 19.1. The van der Waals surface area contributed by atoms with E-state index in [0.717, 1.165) is 33.5 Å². The Balaban J connectivity index is 1.44. The second-order valence-corrected chi connectivity index (χ2v) is 7.61. The summed E-state index contributed by atoms with van der Waals surface area (Å²) in [6, 6.07) is 9.56. The topological polar surface area (TPSA) is 97.1 Å². The average Bonchev–Trinajstić information content (AvgIpc) is 3.32. The monoisotopic (exact) mass is 402 g/mol. The van der Waals surface area contributed by atoms with Crippen molar-refractivity contribution in [3.8, 4) is 10.8 Å². The summed E-state index contributed by atoms with van der Waals surface area (Å²) in [5.41, 5.74) is 2.73.